The van der Waals surface area contributed by atoms with Crippen molar-refractivity contribution in [3.8, 4) is 0 Å². The quantitative estimate of drug-likeness (QED) is 0.790. The van der Waals surface area contributed by atoms with E-state index in [1.807, 2.05) is 20.8 Å². The first kappa shape index (κ1) is 14.9. The van der Waals surface area contributed by atoms with Crippen LogP contribution >= 0.6 is 0 Å². The molecule has 0 bridgehead atoms. The number of nitrogens with one attached hydrogen (secondary N) is 1. The van der Waals surface area contributed by atoms with Crippen LogP contribution in [0.25, 0.3) is 0 Å². The molecule has 0 spiro atoms. The van der Waals surface area contributed by atoms with Crippen molar-refractivity contribution in [2.24, 2.45) is 11.7 Å². The van der Waals surface area contributed by atoms with E-state index in [-0.39, 0.29) is 11.8 Å². The first-order chi connectivity index (χ1) is 7.73. The van der Waals surface area contributed by atoms with Crippen LogP contribution in [0, 0.1) is 5.92 Å². The van der Waals surface area contributed by atoms with Crippen LogP contribution in [0.4, 0.5) is 0 Å². The van der Waals surface area contributed by atoms with Crippen molar-refractivity contribution < 1.29 is 8.42 Å². The lowest BCUT2D eigenvalue weighted by molar-refractivity contribution is 0.367. The molecule has 0 heterocycles. The van der Waals surface area contributed by atoms with Gasteiger partial charge in [-0.25, -0.2) is 13.1 Å². The largest absolute Gasteiger partial charge is 0.326 e. The molecule has 1 unspecified atom stereocenters. The van der Waals surface area contributed by atoms with Gasteiger partial charge >= 0.3 is 0 Å². The molecule has 1 saturated carbocycles. The van der Waals surface area contributed by atoms with Gasteiger partial charge in [0, 0.05) is 11.6 Å². The smallest absolute Gasteiger partial charge is 0.212 e. The van der Waals surface area contributed by atoms with Gasteiger partial charge < -0.3 is 5.73 Å². The van der Waals surface area contributed by atoms with Crippen LogP contribution in [0.1, 0.15) is 52.9 Å². The Morgan fingerprint density at radius 3 is 2.29 bits per heavy atom. The minimum atomic E-state index is -3.21. The molecular formula is C12H26N2O2S. The SMILES string of the molecule is CC(N)C(C)(C)NS(=O)(=O)CC1CCCCC1. The molecule has 1 atom stereocenters. The first-order valence-electron chi connectivity index (χ1n) is 6.50. The summed E-state index contributed by atoms with van der Waals surface area (Å²) in [6.45, 7) is 5.48. The van der Waals surface area contributed by atoms with Crippen LogP contribution in [0.15, 0.2) is 0 Å². The Bertz CT molecular complexity index is 330. The maximum Gasteiger partial charge on any atom is 0.212 e. The third kappa shape index (κ3) is 4.94. The molecule has 0 aliphatic heterocycles. The Morgan fingerprint density at radius 1 is 1.29 bits per heavy atom. The molecule has 5 heteroatoms. The van der Waals surface area contributed by atoms with Crippen LogP contribution in [0.3, 0.4) is 0 Å². The van der Waals surface area contributed by atoms with E-state index in [1.165, 1.54) is 6.42 Å². The zero-order valence-electron chi connectivity index (χ0n) is 11.2. The molecule has 0 radical (unpaired) electrons. The van der Waals surface area contributed by atoms with Gasteiger partial charge in [-0.15, -0.1) is 0 Å². The third-order valence-corrected chi connectivity index (χ3v) is 5.48. The predicted molar refractivity (Wildman–Crippen MR) is 71.2 cm³/mol. The van der Waals surface area contributed by atoms with Crippen molar-refractivity contribution in [1.82, 2.24) is 4.72 Å². The zero-order chi connectivity index (χ0) is 13.1. The van der Waals surface area contributed by atoms with E-state index >= 15 is 0 Å². The maximum absolute atomic E-state index is 12.1. The minimum Gasteiger partial charge on any atom is -0.326 e. The van der Waals surface area contributed by atoms with Gasteiger partial charge in [0.15, 0.2) is 0 Å². The third-order valence-electron chi connectivity index (χ3n) is 3.74. The predicted octanol–water partition coefficient (Wildman–Crippen LogP) is 1.61. The second-order valence-corrected chi connectivity index (χ2v) is 7.66. The van der Waals surface area contributed by atoms with E-state index in [0.717, 1.165) is 25.7 Å². The van der Waals surface area contributed by atoms with Crippen molar-refractivity contribution >= 4 is 10.0 Å². The van der Waals surface area contributed by atoms with Crippen LogP contribution < -0.4 is 10.5 Å². The van der Waals surface area contributed by atoms with E-state index in [9.17, 15) is 8.42 Å². The topological polar surface area (TPSA) is 72.2 Å². The Labute approximate surface area is 105 Å². The molecule has 1 aliphatic carbocycles. The average molecular weight is 262 g/mol. The highest BCUT2D eigenvalue weighted by Crippen LogP contribution is 2.25. The Hall–Kier alpha value is -0.130. The van der Waals surface area contributed by atoms with E-state index in [1.54, 1.807) is 0 Å². The number of hydrogen-bond donors (Lipinski definition) is 2. The second kappa shape index (κ2) is 5.67. The monoisotopic (exact) mass is 262 g/mol. The van der Waals surface area contributed by atoms with Crippen LogP contribution in [0.2, 0.25) is 0 Å². The number of hydrogen-bond acceptors (Lipinski definition) is 3. The van der Waals surface area contributed by atoms with E-state index in [2.05, 4.69) is 4.72 Å². The van der Waals surface area contributed by atoms with Gasteiger partial charge in [0.2, 0.25) is 10.0 Å². The summed E-state index contributed by atoms with van der Waals surface area (Å²) in [7, 11) is -3.21. The molecule has 102 valence electrons. The Balaban J connectivity index is 2.56. The fraction of sp³-hybridized carbons (Fsp3) is 1.00. The second-order valence-electron chi connectivity index (χ2n) is 5.90. The summed E-state index contributed by atoms with van der Waals surface area (Å²) in [6, 6.07) is -0.205. The minimum absolute atomic E-state index is 0.205. The first-order valence-corrected chi connectivity index (χ1v) is 8.15. The molecular weight excluding hydrogens is 236 g/mol. The summed E-state index contributed by atoms with van der Waals surface area (Å²) in [6.07, 6.45) is 5.65. The van der Waals surface area contributed by atoms with E-state index in [0.29, 0.717) is 5.92 Å². The summed E-state index contributed by atoms with van der Waals surface area (Å²) in [5.41, 5.74) is 5.21. The van der Waals surface area contributed by atoms with Gasteiger partial charge in [0.25, 0.3) is 0 Å². The molecule has 0 aromatic carbocycles. The van der Waals surface area contributed by atoms with Crippen molar-refractivity contribution in [2.75, 3.05) is 5.75 Å². The van der Waals surface area contributed by atoms with Gasteiger partial charge in [-0.2, -0.15) is 0 Å². The molecule has 4 nitrogen and oxygen atoms in total. The van der Waals surface area contributed by atoms with Crippen molar-refractivity contribution in [2.45, 2.75) is 64.5 Å². The molecule has 0 amide bonds. The standard InChI is InChI=1S/C12H26N2O2S/c1-10(13)12(2,3)14-17(15,16)9-11-7-5-4-6-8-11/h10-11,14H,4-9,13H2,1-3H3. The lowest BCUT2D eigenvalue weighted by Crippen LogP contribution is -2.55. The Kier molecular flexibility index (Phi) is 4.98. The lowest BCUT2D eigenvalue weighted by Gasteiger charge is -2.31. The summed E-state index contributed by atoms with van der Waals surface area (Å²) >= 11 is 0. The van der Waals surface area contributed by atoms with E-state index < -0.39 is 15.6 Å². The van der Waals surface area contributed by atoms with Gasteiger partial charge in [-0.3, -0.25) is 0 Å². The molecule has 0 saturated heterocycles. The van der Waals surface area contributed by atoms with E-state index in [4.69, 9.17) is 5.73 Å². The molecule has 0 aromatic heterocycles. The van der Waals surface area contributed by atoms with Gasteiger partial charge in [0.1, 0.15) is 0 Å². The van der Waals surface area contributed by atoms with Gasteiger partial charge in [-0.05, 0) is 39.5 Å². The van der Waals surface area contributed by atoms with Crippen LogP contribution in [0.5, 0.6) is 0 Å². The molecule has 3 N–H and O–H groups in total. The van der Waals surface area contributed by atoms with Gasteiger partial charge in [-0.1, -0.05) is 19.3 Å². The molecule has 0 aromatic rings. The molecule has 1 aliphatic rings. The normalized spacial score (nSPS) is 21.4. The summed E-state index contributed by atoms with van der Waals surface area (Å²) < 4.78 is 26.8. The molecule has 1 rings (SSSR count). The summed E-state index contributed by atoms with van der Waals surface area (Å²) in [4.78, 5) is 0. The van der Waals surface area contributed by atoms with Crippen LogP contribution in [-0.4, -0.2) is 25.8 Å². The van der Waals surface area contributed by atoms with Crippen molar-refractivity contribution in [3.63, 3.8) is 0 Å². The maximum atomic E-state index is 12.1. The Morgan fingerprint density at radius 2 is 1.82 bits per heavy atom. The highest BCUT2D eigenvalue weighted by atomic mass is 32.2. The number of rotatable bonds is 5. The number of sulfonamides is 1. The fourth-order valence-corrected chi connectivity index (χ4v) is 4.22. The molecule has 17 heavy (non-hydrogen) atoms. The van der Waals surface area contributed by atoms with Crippen molar-refractivity contribution in [3.05, 3.63) is 0 Å². The molecule has 1 fully saturated rings. The number of nitrogens with two attached hydrogens (primary N) is 1. The highest BCUT2D eigenvalue weighted by molar-refractivity contribution is 7.89. The fourth-order valence-electron chi connectivity index (χ4n) is 2.20. The van der Waals surface area contributed by atoms with Gasteiger partial charge in [0.05, 0.1) is 5.75 Å². The zero-order valence-corrected chi connectivity index (χ0v) is 12.0. The van der Waals surface area contributed by atoms with Crippen LogP contribution in [-0.2, 0) is 10.0 Å². The highest BCUT2D eigenvalue weighted by Gasteiger charge is 2.30. The van der Waals surface area contributed by atoms with Crippen molar-refractivity contribution in [1.29, 1.82) is 0 Å². The summed E-state index contributed by atoms with van der Waals surface area (Å²) in [5, 5.41) is 0. The summed E-state index contributed by atoms with van der Waals surface area (Å²) in [5.74, 6) is 0.577. The lowest BCUT2D eigenvalue weighted by atomic mass is 9.91. The average Bonchev–Trinajstić information content (AvgIpc) is 2.16.